The average Bonchev–Trinajstić information content (AvgIpc) is 3.50. The number of nitrogens with zero attached hydrogens (tertiary/aromatic N) is 3. The molecule has 3 N–H and O–H groups in total. The fourth-order valence-electron chi connectivity index (χ4n) is 4.75. The molecule has 0 radical (unpaired) electrons. The van der Waals surface area contributed by atoms with Gasteiger partial charge in [-0.1, -0.05) is 43.9 Å². The van der Waals surface area contributed by atoms with Gasteiger partial charge in [0.15, 0.2) is 0 Å². The number of para-hydroxylation sites is 1. The maximum Gasteiger partial charge on any atom is 0.250 e. The number of carbonyl (C=O) groups is 3. The number of fused-ring (bicyclic) bond motifs is 1. The Balaban J connectivity index is 1.46. The van der Waals surface area contributed by atoms with E-state index in [2.05, 4.69) is 15.7 Å². The minimum Gasteiger partial charge on any atom is -0.309 e. The highest BCUT2D eigenvalue weighted by Gasteiger charge is 2.39. The highest BCUT2D eigenvalue weighted by molar-refractivity contribution is 5.97. The zero-order valence-electron chi connectivity index (χ0n) is 17.9. The van der Waals surface area contributed by atoms with E-state index in [1.165, 1.54) is 5.01 Å². The summed E-state index contributed by atoms with van der Waals surface area (Å²) in [5, 5.41) is 15.4. The number of hydroxylamine groups is 2. The third-order valence-electron chi connectivity index (χ3n) is 6.37. The van der Waals surface area contributed by atoms with Gasteiger partial charge in [0.25, 0.3) is 0 Å². The Kier molecular flexibility index (Phi) is 6.96. The number of hydrogen-bond acceptors (Lipinski definition) is 6. The van der Waals surface area contributed by atoms with Gasteiger partial charge in [-0.3, -0.25) is 24.6 Å². The molecule has 3 amide bonds. The molecule has 2 heterocycles. The number of hydrogen-bond donors (Lipinski definition) is 3. The van der Waals surface area contributed by atoms with Gasteiger partial charge in [0.1, 0.15) is 11.9 Å². The van der Waals surface area contributed by atoms with Crippen molar-refractivity contribution in [3.05, 3.63) is 36.4 Å². The molecule has 1 aliphatic heterocycles. The molecule has 1 aliphatic carbocycles. The maximum absolute atomic E-state index is 13.3. The van der Waals surface area contributed by atoms with Crippen LogP contribution in [0.15, 0.2) is 36.4 Å². The Bertz CT molecular complexity index is 978. The molecule has 0 spiro atoms. The molecule has 1 saturated carbocycles. The standard InChI is InChI=1S/C23H29N5O4/c29-15-27(32)14-18(13-16-5-1-2-6-16)23(31)28-20(11-12-24-28)22(30)26-21-10-9-17-7-3-4-8-19(17)25-21/h3-4,7-10,15-16,18,20,24,32H,1-2,5-6,11-14H2,(H,25,26,30)/t18?,20-/m0/s1. The van der Waals surface area contributed by atoms with E-state index >= 15 is 0 Å². The van der Waals surface area contributed by atoms with Crippen LogP contribution in [-0.2, 0) is 14.4 Å². The van der Waals surface area contributed by atoms with Crippen LogP contribution in [0.5, 0.6) is 0 Å². The first kappa shape index (κ1) is 22.2. The predicted octanol–water partition coefficient (Wildman–Crippen LogP) is 2.32. The minimum atomic E-state index is -0.690. The minimum absolute atomic E-state index is 0.0857. The Hall–Kier alpha value is -3.04. The van der Waals surface area contributed by atoms with Gasteiger partial charge >= 0.3 is 0 Å². The molecule has 0 bridgehead atoms. The molecule has 2 fully saturated rings. The fourth-order valence-corrected chi connectivity index (χ4v) is 4.75. The second-order valence-electron chi connectivity index (χ2n) is 8.61. The molecule has 1 aromatic heterocycles. The molecule has 1 unspecified atom stereocenters. The number of benzene rings is 1. The van der Waals surface area contributed by atoms with Crippen molar-refractivity contribution >= 4 is 34.9 Å². The third-order valence-corrected chi connectivity index (χ3v) is 6.37. The monoisotopic (exact) mass is 439 g/mol. The molecular formula is C23H29N5O4. The van der Waals surface area contributed by atoms with E-state index in [0.29, 0.717) is 42.6 Å². The maximum atomic E-state index is 13.3. The second kappa shape index (κ2) is 10.1. The summed E-state index contributed by atoms with van der Waals surface area (Å²) in [6.07, 6.45) is 5.71. The van der Waals surface area contributed by atoms with Crippen molar-refractivity contribution in [2.75, 3.05) is 18.4 Å². The van der Waals surface area contributed by atoms with Crippen molar-refractivity contribution < 1.29 is 19.6 Å². The molecule has 9 heteroatoms. The van der Waals surface area contributed by atoms with E-state index in [-0.39, 0.29) is 18.4 Å². The molecular weight excluding hydrogens is 410 g/mol. The Morgan fingerprint density at radius 1 is 1.22 bits per heavy atom. The van der Waals surface area contributed by atoms with E-state index in [1.54, 1.807) is 6.07 Å². The molecule has 2 aliphatic rings. The number of carbonyl (C=O) groups excluding carboxylic acids is 3. The van der Waals surface area contributed by atoms with Gasteiger partial charge in [-0.15, -0.1) is 0 Å². The number of pyridine rings is 1. The van der Waals surface area contributed by atoms with Crippen molar-refractivity contribution in [1.82, 2.24) is 20.5 Å². The number of amides is 3. The van der Waals surface area contributed by atoms with Gasteiger partial charge in [-0.05, 0) is 37.0 Å². The molecule has 4 rings (SSSR count). The fraction of sp³-hybridized carbons (Fsp3) is 0.478. The van der Waals surface area contributed by atoms with Crippen molar-refractivity contribution in [2.24, 2.45) is 11.8 Å². The third kappa shape index (κ3) is 5.05. The smallest absolute Gasteiger partial charge is 0.250 e. The lowest BCUT2D eigenvalue weighted by Gasteiger charge is -2.29. The number of rotatable bonds is 8. The first-order chi connectivity index (χ1) is 15.5. The predicted molar refractivity (Wildman–Crippen MR) is 118 cm³/mol. The molecule has 1 aromatic carbocycles. The van der Waals surface area contributed by atoms with Crippen LogP contribution in [0.3, 0.4) is 0 Å². The number of hydrazine groups is 1. The van der Waals surface area contributed by atoms with E-state index in [1.807, 2.05) is 30.3 Å². The van der Waals surface area contributed by atoms with Crippen LogP contribution in [-0.4, -0.2) is 57.6 Å². The summed E-state index contributed by atoms with van der Waals surface area (Å²) >= 11 is 0. The molecule has 2 atom stereocenters. The lowest BCUT2D eigenvalue weighted by molar-refractivity contribution is -0.159. The summed E-state index contributed by atoms with van der Waals surface area (Å²) in [7, 11) is 0. The zero-order chi connectivity index (χ0) is 22.5. The average molecular weight is 440 g/mol. The van der Waals surface area contributed by atoms with Crippen LogP contribution >= 0.6 is 0 Å². The summed E-state index contributed by atoms with van der Waals surface area (Å²) in [5.74, 6) is -0.351. The second-order valence-corrected chi connectivity index (χ2v) is 8.61. The lowest BCUT2D eigenvalue weighted by atomic mass is 9.92. The number of anilines is 1. The topological polar surface area (TPSA) is 115 Å². The van der Waals surface area contributed by atoms with Gasteiger partial charge in [0, 0.05) is 11.9 Å². The van der Waals surface area contributed by atoms with E-state index in [9.17, 15) is 19.6 Å². The quantitative estimate of drug-likeness (QED) is 0.330. The van der Waals surface area contributed by atoms with E-state index < -0.39 is 12.0 Å². The van der Waals surface area contributed by atoms with Gasteiger partial charge in [0.05, 0.1) is 18.0 Å². The van der Waals surface area contributed by atoms with Crippen LogP contribution in [0.1, 0.15) is 38.5 Å². The van der Waals surface area contributed by atoms with Gasteiger partial charge in [-0.2, -0.15) is 0 Å². The van der Waals surface area contributed by atoms with Crippen LogP contribution in [0, 0.1) is 11.8 Å². The highest BCUT2D eigenvalue weighted by atomic mass is 16.5. The summed E-state index contributed by atoms with van der Waals surface area (Å²) in [5.41, 5.74) is 3.79. The summed E-state index contributed by atoms with van der Waals surface area (Å²) in [4.78, 5) is 41.8. The molecule has 1 saturated heterocycles. The SMILES string of the molecule is O=CN(O)CC(CC1CCCC1)C(=O)N1NCC[C@H]1C(=O)Nc1ccc2ccccc2n1. The summed E-state index contributed by atoms with van der Waals surface area (Å²) in [6, 6.07) is 10.6. The molecule has 170 valence electrons. The Morgan fingerprint density at radius 2 is 2.00 bits per heavy atom. The van der Waals surface area contributed by atoms with Crippen LogP contribution in [0.25, 0.3) is 10.9 Å². The van der Waals surface area contributed by atoms with Crippen LogP contribution in [0.2, 0.25) is 0 Å². The normalized spacial score (nSPS) is 19.8. The van der Waals surface area contributed by atoms with Crippen LogP contribution < -0.4 is 10.7 Å². The van der Waals surface area contributed by atoms with E-state index in [0.717, 1.165) is 36.6 Å². The molecule has 9 nitrogen and oxygen atoms in total. The first-order valence-electron chi connectivity index (χ1n) is 11.2. The highest BCUT2D eigenvalue weighted by Crippen LogP contribution is 2.31. The number of aromatic nitrogens is 1. The number of nitrogens with one attached hydrogen (secondary N) is 2. The van der Waals surface area contributed by atoms with E-state index in [4.69, 9.17) is 0 Å². The van der Waals surface area contributed by atoms with Crippen molar-refractivity contribution in [3.63, 3.8) is 0 Å². The van der Waals surface area contributed by atoms with Gasteiger partial charge in [-0.25, -0.2) is 15.5 Å². The molecule has 2 aromatic rings. The van der Waals surface area contributed by atoms with Gasteiger partial charge < -0.3 is 5.32 Å². The molecule has 32 heavy (non-hydrogen) atoms. The lowest BCUT2D eigenvalue weighted by Crippen LogP contribution is -2.51. The van der Waals surface area contributed by atoms with Crippen molar-refractivity contribution in [1.29, 1.82) is 0 Å². The summed E-state index contributed by atoms with van der Waals surface area (Å²) < 4.78 is 0. The van der Waals surface area contributed by atoms with Crippen LogP contribution in [0.4, 0.5) is 5.82 Å². The first-order valence-corrected chi connectivity index (χ1v) is 11.2. The largest absolute Gasteiger partial charge is 0.309 e. The Morgan fingerprint density at radius 3 is 2.78 bits per heavy atom. The van der Waals surface area contributed by atoms with Crippen molar-refractivity contribution in [3.8, 4) is 0 Å². The van der Waals surface area contributed by atoms with Gasteiger partial charge in [0.2, 0.25) is 18.2 Å². The van der Waals surface area contributed by atoms with Crippen molar-refractivity contribution in [2.45, 2.75) is 44.6 Å². The summed E-state index contributed by atoms with van der Waals surface area (Å²) in [6.45, 7) is 0.402. The zero-order valence-corrected chi connectivity index (χ0v) is 17.9. The Labute approximate surface area is 186 Å².